The standard InChI is InChI=1S/C33H40O5/c1-5-8-10-14-20-35-24(4)22-30-27(7-3)33(28-17-13-12-16-26(28)32(34)38-33)29-19-18-25(23-31(29)37-30)36-21-15-11-9-6-2/h7,12-13,16-19,22-23H,3,5-6,8-11,14-15,20-21H2,1-2,4H3/b24-22+. The fraction of sp³-hybridized carbons (Fsp3) is 0.424. The van der Waals surface area contributed by atoms with E-state index in [4.69, 9.17) is 18.9 Å². The molecule has 0 aromatic heterocycles. The number of carbonyl (C=O) groups excluding carboxylic acids is 1. The average Bonchev–Trinajstić information content (AvgIpc) is 3.21. The Kier molecular flexibility index (Phi) is 9.33. The summed E-state index contributed by atoms with van der Waals surface area (Å²) in [6, 6.07) is 13.3. The molecule has 0 N–H and O–H groups in total. The SMILES string of the molecule is C=CC1=C(/C=C(\C)OCCCCCC)Oc2cc(OCCCCCC)ccc2C12OC(=O)c1ccccc12. The van der Waals surface area contributed by atoms with E-state index in [-0.39, 0.29) is 5.97 Å². The number of fused-ring (bicyclic) bond motifs is 4. The summed E-state index contributed by atoms with van der Waals surface area (Å²) in [4.78, 5) is 13.1. The molecule has 5 heteroatoms. The van der Waals surface area contributed by atoms with Crippen molar-refractivity contribution in [2.24, 2.45) is 0 Å². The minimum absolute atomic E-state index is 0.365. The summed E-state index contributed by atoms with van der Waals surface area (Å²) in [5.41, 5.74) is 1.59. The molecule has 5 nitrogen and oxygen atoms in total. The second kappa shape index (κ2) is 12.9. The number of ether oxygens (including phenoxy) is 4. The van der Waals surface area contributed by atoms with Crippen LogP contribution in [0.1, 0.15) is 93.6 Å². The van der Waals surface area contributed by atoms with Crippen LogP contribution in [0.25, 0.3) is 0 Å². The van der Waals surface area contributed by atoms with Gasteiger partial charge in [-0.2, -0.15) is 0 Å². The number of hydrogen-bond acceptors (Lipinski definition) is 5. The third-order valence-electron chi connectivity index (χ3n) is 7.10. The van der Waals surface area contributed by atoms with Crippen molar-refractivity contribution in [2.45, 2.75) is 77.7 Å². The van der Waals surface area contributed by atoms with E-state index < -0.39 is 5.60 Å². The zero-order valence-corrected chi connectivity index (χ0v) is 23.0. The van der Waals surface area contributed by atoms with Gasteiger partial charge in [0.1, 0.15) is 17.3 Å². The van der Waals surface area contributed by atoms with Gasteiger partial charge in [-0.15, -0.1) is 0 Å². The largest absolute Gasteiger partial charge is 0.498 e. The first-order valence-corrected chi connectivity index (χ1v) is 14.0. The molecule has 4 rings (SSSR count). The number of allylic oxidation sites excluding steroid dienone is 2. The predicted octanol–water partition coefficient (Wildman–Crippen LogP) is 8.39. The molecule has 2 aromatic rings. The van der Waals surface area contributed by atoms with Crippen LogP contribution in [0.15, 0.2) is 78.3 Å². The van der Waals surface area contributed by atoms with Crippen LogP contribution in [-0.4, -0.2) is 19.2 Å². The third kappa shape index (κ3) is 5.67. The van der Waals surface area contributed by atoms with Crippen molar-refractivity contribution in [1.82, 2.24) is 0 Å². The fourth-order valence-corrected chi connectivity index (χ4v) is 5.14. The molecule has 0 saturated carbocycles. The van der Waals surface area contributed by atoms with Crippen molar-refractivity contribution >= 4 is 5.97 Å². The van der Waals surface area contributed by atoms with E-state index in [1.807, 2.05) is 49.4 Å². The molecule has 2 heterocycles. The van der Waals surface area contributed by atoms with Crippen LogP contribution in [0.5, 0.6) is 11.5 Å². The van der Waals surface area contributed by atoms with Gasteiger partial charge in [-0.3, -0.25) is 0 Å². The van der Waals surface area contributed by atoms with Crippen molar-refractivity contribution in [3.8, 4) is 11.5 Å². The Morgan fingerprint density at radius 2 is 1.68 bits per heavy atom. The zero-order chi connectivity index (χ0) is 27.0. The molecule has 1 atom stereocenters. The lowest BCUT2D eigenvalue weighted by Gasteiger charge is -2.37. The number of esters is 1. The highest BCUT2D eigenvalue weighted by atomic mass is 16.6. The van der Waals surface area contributed by atoms with E-state index in [1.54, 1.807) is 12.1 Å². The van der Waals surface area contributed by atoms with Crippen LogP contribution in [0, 0.1) is 0 Å². The molecule has 0 amide bonds. The Morgan fingerprint density at radius 3 is 2.42 bits per heavy atom. The van der Waals surface area contributed by atoms with Gasteiger partial charge < -0.3 is 18.9 Å². The second-order valence-corrected chi connectivity index (χ2v) is 9.93. The van der Waals surface area contributed by atoms with Crippen LogP contribution >= 0.6 is 0 Å². The van der Waals surface area contributed by atoms with Crippen LogP contribution in [-0.2, 0) is 15.1 Å². The maximum Gasteiger partial charge on any atom is 0.340 e. The van der Waals surface area contributed by atoms with Gasteiger partial charge in [0.25, 0.3) is 0 Å². The van der Waals surface area contributed by atoms with E-state index in [9.17, 15) is 4.79 Å². The van der Waals surface area contributed by atoms with Gasteiger partial charge in [0.05, 0.1) is 24.5 Å². The van der Waals surface area contributed by atoms with Gasteiger partial charge >= 0.3 is 5.97 Å². The van der Waals surface area contributed by atoms with Crippen LogP contribution in [0.3, 0.4) is 0 Å². The first kappa shape index (κ1) is 27.6. The number of benzene rings is 2. The molecular formula is C33H40O5. The van der Waals surface area contributed by atoms with Crippen molar-refractivity contribution < 1.29 is 23.7 Å². The van der Waals surface area contributed by atoms with Crippen molar-refractivity contribution in [3.63, 3.8) is 0 Å². The molecule has 202 valence electrons. The Balaban J connectivity index is 1.71. The Hall–Kier alpha value is -3.47. The van der Waals surface area contributed by atoms with Crippen molar-refractivity contribution in [3.05, 3.63) is 95.0 Å². The molecule has 0 aliphatic carbocycles. The number of carbonyl (C=O) groups is 1. The molecule has 2 aliphatic rings. The average molecular weight is 517 g/mol. The third-order valence-corrected chi connectivity index (χ3v) is 7.10. The lowest BCUT2D eigenvalue weighted by Crippen LogP contribution is -2.34. The quantitative estimate of drug-likeness (QED) is 0.143. The summed E-state index contributed by atoms with van der Waals surface area (Å²) in [7, 11) is 0. The molecule has 0 saturated heterocycles. The molecule has 1 unspecified atom stereocenters. The predicted molar refractivity (Wildman–Crippen MR) is 150 cm³/mol. The lowest BCUT2D eigenvalue weighted by molar-refractivity contribution is 0.0216. The van der Waals surface area contributed by atoms with E-state index >= 15 is 0 Å². The molecular weight excluding hydrogens is 476 g/mol. The molecule has 0 bridgehead atoms. The molecule has 38 heavy (non-hydrogen) atoms. The Bertz CT molecular complexity index is 1210. The minimum Gasteiger partial charge on any atom is -0.498 e. The lowest BCUT2D eigenvalue weighted by atomic mass is 9.77. The Morgan fingerprint density at radius 1 is 0.947 bits per heavy atom. The highest BCUT2D eigenvalue weighted by Crippen LogP contribution is 2.54. The Labute approximate surface area is 227 Å². The molecule has 2 aliphatic heterocycles. The summed E-state index contributed by atoms with van der Waals surface area (Å²) in [6.07, 6.45) is 12.7. The van der Waals surface area contributed by atoms with Crippen molar-refractivity contribution in [2.75, 3.05) is 13.2 Å². The van der Waals surface area contributed by atoms with Crippen LogP contribution < -0.4 is 9.47 Å². The molecule has 0 radical (unpaired) electrons. The fourth-order valence-electron chi connectivity index (χ4n) is 5.14. The smallest absolute Gasteiger partial charge is 0.340 e. The van der Waals surface area contributed by atoms with Gasteiger partial charge in [0, 0.05) is 28.8 Å². The maximum absolute atomic E-state index is 13.1. The normalized spacial score (nSPS) is 18.1. The summed E-state index contributed by atoms with van der Waals surface area (Å²) in [5, 5.41) is 0. The van der Waals surface area contributed by atoms with E-state index in [0.717, 1.165) is 48.3 Å². The second-order valence-electron chi connectivity index (χ2n) is 9.93. The van der Waals surface area contributed by atoms with Crippen LogP contribution in [0.4, 0.5) is 0 Å². The number of unbranched alkanes of at least 4 members (excludes halogenated alkanes) is 6. The van der Waals surface area contributed by atoms with Gasteiger partial charge in [0.15, 0.2) is 5.60 Å². The first-order chi connectivity index (χ1) is 18.5. The summed E-state index contributed by atoms with van der Waals surface area (Å²) >= 11 is 0. The van der Waals surface area contributed by atoms with E-state index in [0.29, 0.717) is 35.9 Å². The highest BCUT2D eigenvalue weighted by Gasteiger charge is 2.53. The molecule has 1 spiro atoms. The van der Waals surface area contributed by atoms with E-state index in [2.05, 4.69) is 20.4 Å². The molecule has 2 aromatic carbocycles. The van der Waals surface area contributed by atoms with Gasteiger partial charge in [-0.25, -0.2) is 4.79 Å². The van der Waals surface area contributed by atoms with Gasteiger partial charge in [-0.05, 0) is 38.0 Å². The van der Waals surface area contributed by atoms with Crippen molar-refractivity contribution in [1.29, 1.82) is 0 Å². The van der Waals surface area contributed by atoms with Gasteiger partial charge in [-0.1, -0.05) is 83.2 Å². The van der Waals surface area contributed by atoms with E-state index in [1.165, 1.54) is 25.7 Å². The zero-order valence-electron chi connectivity index (χ0n) is 23.0. The maximum atomic E-state index is 13.1. The summed E-state index contributed by atoms with van der Waals surface area (Å²) < 4.78 is 24.7. The summed E-state index contributed by atoms with van der Waals surface area (Å²) in [6.45, 7) is 11.7. The number of rotatable bonds is 14. The topological polar surface area (TPSA) is 54.0 Å². The monoisotopic (exact) mass is 516 g/mol. The summed E-state index contributed by atoms with van der Waals surface area (Å²) in [5.74, 6) is 2.23. The highest BCUT2D eigenvalue weighted by molar-refractivity contribution is 5.97. The first-order valence-electron chi connectivity index (χ1n) is 14.0. The van der Waals surface area contributed by atoms with Crippen LogP contribution in [0.2, 0.25) is 0 Å². The minimum atomic E-state index is -1.16. The van der Waals surface area contributed by atoms with Gasteiger partial charge in [0.2, 0.25) is 0 Å². The number of hydrogen-bond donors (Lipinski definition) is 0. The molecule has 0 fully saturated rings.